The van der Waals surface area contributed by atoms with E-state index in [-0.39, 0.29) is 0 Å². The van der Waals surface area contributed by atoms with Crippen molar-refractivity contribution in [3.63, 3.8) is 0 Å². The fraction of sp³-hybridized carbons (Fsp3) is 0.500. The van der Waals surface area contributed by atoms with Gasteiger partial charge in [0.2, 0.25) is 0 Å². The van der Waals surface area contributed by atoms with E-state index in [4.69, 9.17) is 16.3 Å². The molecule has 1 heterocycles. The molecule has 0 radical (unpaired) electrons. The smallest absolute Gasteiger partial charge is 0.137 e. The van der Waals surface area contributed by atoms with E-state index in [0.29, 0.717) is 11.1 Å². The summed E-state index contributed by atoms with van der Waals surface area (Å²) in [5.41, 5.74) is 1.25. The summed E-state index contributed by atoms with van der Waals surface area (Å²) in [5, 5.41) is 7.53. The number of rotatable bonds is 3. The van der Waals surface area contributed by atoms with Gasteiger partial charge in [0.1, 0.15) is 5.75 Å². The van der Waals surface area contributed by atoms with E-state index in [1.165, 1.54) is 5.56 Å². The summed E-state index contributed by atoms with van der Waals surface area (Å²) in [7, 11) is 1.64. The first-order chi connectivity index (χ1) is 7.79. The first-order valence-electron chi connectivity index (χ1n) is 5.56. The van der Waals surface area contributed by atoms with E-state index in [2.05, 4.69) is 16.7 Å². The molecule has 16 heavy (non-hydrogen) atoms. The summed E-state index contributed by atoms with van der Waals surface area (Å²) < 4.78 is 5.21. The Morgan fingerprint density at radius 3 is 3.00 bits per heavy atom. The van der Waals surface area contributed by atoms with E-state index >= 15 is 0 Å². The molecule has 0 saturated carbocycles. The summed E-state index contributed by atoms with van der Waals surface area (Å²) in [4.78, 5) is 0. The number of hydrogen-bond donors (Lipinski definition) is 2. The highest BCUT2D eigenvalue weighted by Gasteiger charge is 2.13. The van der Waals surface area contributed by atoms with E-state index < -0.39 is 0 Å². The van der Waals surface area contributed by atoms with Gasteiger partial charge in [0.25, 0.3) is 0 Å². The van der Waals surface area contributed by atoms with Gasteiger partial charge in [0, 0.05) is 25.7 Å². The number of halogens is 1. The van der Waals surface area contributed by atoms with Gasteiger partial charge < -0.3 is 15.4 Å². The Morgan fingerprint density at radius 1 is 1.44 bits per heavy atom. The monoisotopic (exact) mass is 240 g/mol. The van der Waals surface area contributed by atoms with Crippen LogP contribution in [0.15, 0.2) is 18.2 Å². The van der Waals surface area contributed by atoms with Crippen molar-refractivity contribution in [3.05, 3.63) is 28.8 Å². The van der Waals surface area contributed by atoms with Crippen molar-refractivity contribution >= 4 is 11.6 Å². The average Bonchev–Trinajstić information content (AvgIpc) is 2.33. The van der Waals surface area contributed by atoms with E-state index in [0.717, 1.165) is 31.8 Å². The fourth-order valence-corrected chi connectivity index (χ4v) is 2.17. The third kappa shape index (κ3) is 2.88. The largest absolute Gasteiger partial charge is 0.495 e. The Balaban J connectivity index is 2.03. The lowest BCUT2D eigenvalue weighted by Crippen LogP contribution is -2.49. The van der Waals surface area contributed by atoms with Crippen LogP contribution in [0.5, 0.6) is 5.75 Å². The minimum absolute atomic E-state index is 0.500. The average molecular weight is 241 g/mol. The molecule has 3 nitrogen and oxygen atoms in total. The molecule has 1 fully saturated rings. The summed E-state index contributed by atoms with van der Waals surface area (Å²) in [6.45, 7) is 3.11. The Hall–Kier alpha value is -0.770. The molecule has 1 aliphatic rings. The standard InChI is InChI=1S/C12H17ClN2O/c1-16-12-7-9(2-3-11(12)13)6-10-8-14-4-5-15-10/h2-3,7,10,14-15H,4-6,8H2,1H3. The normalized spacial score (nSPS) is 20.8. The van der Waals surface area contributed by atoms with Gasteiger partial charge in [-0.25, -0.2) is 0 Å². The van der Waals surface area contributed by atoms with E-state index in [1.54, 1.807) is 7.11 Å². The van der Waals surface area contributed by atoms with Crippen molar-refractivity contribution in [1.82, 2.24) is 10.6 Å². The maximum Gasteiger partial charge on any atom is 0.137 e. The Kier molecular flexibility index (Phi) is 4.04. The van der Waals surface area contributed by atoms with Crippen LogP contribution in [0.2, 0.25) is 5.02 Å². The quantitative estimate of drug-likeness (QED) is 0.839. The highest BCUT2D eigenvalue weighted by molar-refractivity contribution is 6.32. The molecule has 0 bridgehead atoms. The summed E-state index contributed by atoms with van der Waals surface area (Å²) in [6.07, 6.45) is 1.00. The molecule has 1 saturated heterocycles. The van der Waals surface area contributed by atoms with Gasteiger partial charge in [-0.15, -0.1) is 0 Å². The molecule has 1 unspecified atom stereocenters. The second-order valence-electron chi connectivity index (χ2n) is 4.03. The zero-order valence-electron chi connectivity index (χ0n) is 9.42. The van der Waals surface area contributed by atoms with Gasteiger partial charge in [0.05, 0.1) is 12.1 Å². The Bertz CT molecular complexity index is 351. The first-order valence-corrected chi connectivity index (χ1v) is 5.94. The van der Waals surface area contributed by atoms with Crippen molar-refractivity contribution in [2.75, 3.05) is 26.7 Å². The van der Waals surface area contributed by atoms with Gasteiger partial charge in [-0.2, -0.15) is 0 Å². The summed E-state index contributed by atoms with van der Waals surface area (Å²) >= 11 is 5.99. The highest BCUT2D eigenvalue weighted by atomic mass is 35.5. The van der Waals surface area contributed by atoms with Crippen molar-refractivity contribution in [1.29, 1.82) is 0 Å². The topological polar surface area (TPSA) is 33.3 Å². The summed E-state index contributed by atoms with van der Waals surface area (Å²) in [5.74, 6) is 0.753. The zero-order chi connectivity index (χ0) is 11.4. The highest BCUT2D eigenvalue weighted by Crippen LogP contribution is 2.25. The van der Waals surface area contributed by atoms with Crippen LogP contribution in [0.1, 0.15) is 5.56 Å². The number of piperazine rings is 1. The lowest BCUT2D eigenvalue weighted by Gasteiger charge is -2.24. The lowest BCUT2D eigenvalue weighted by molar-refractivity contribution is 0.408. The van der Waals surface area contributed by atoms with Gasteiger partial charge in [-0.3, -0.25) is 0 Å². The predicted octanol–water partition coefficient (Wildman–Crippen LogP) is 1.45. The number of hydrogen-bond acceptors (Lipinski definition) is 3. The van der Waals surface area contributed by atoms with Gasteiger partial charge in [0.15, 0.2) is 0 Å². The lowest BCUT2D eigenvalue weighted by atomic mass is 10.0. The number of benzene rings is 1. The molecule has 0 amide bonds. The molecule has 88 valence electrons. The molecule has 4 heteroatoms. The van der Waals surface area contributed by atoms with Crippen LogP contribution in [0.3, 0.4) is 0 Å². The molecule has 0 aliphatic carbocycles. The van der Waals surface area contributed by atoms with Crippen molar-refractivity contribution in [2.24, 2.45) is 0 Å². The fourth-order valence-electron chi connectivity index (χ4n) is 1.97. The third-order valence-electron chi connectivity index (χ3n) is 2.82. The van der Waals surface area contributed by atoms with Crippen molar-refractivity contribution in [2.45, 2.75) is 12.5 Å². The maximum absolute atomic E-state index is 5.99. The van der Waals surface area contributed by atoms with Crippen LogP contribution < -0.4 is 15.4 Å². The van der Waals surface area contributed by atoms with Crippen molar-refractivity contribution in [3.8, 4) is 5.75 Å². The molecule has 1 atom stereocenters. The number of nitrogens with one attached hydrogen (secondary N) is 2. The predicted molar refractivity (Wildman–Crippen MR) is 66.4 cm³/mol. The second kappa shape index (κ2) is 5.53. The summed E-state index contributed by atoms with van der Waals surface area (Å²) in [6, 6.07) is 6.46. The zero-order valence-corrected chi connectivity index (χ0v) is 10.2. The third-order valence-corrected chi connectivity index (χ3v) is 3.14. The van der Waals surface area contributed by atoms with E-state index in [9.17, 15) is 0 Å². The molecular formula is C12H17ClN2O. The van der Waals surface area contributed by atoms with Crippen LogP contribution in [-0.4, -0.2) is 32.8 Å². The Labute approximate surface area is 101 Å². The molecule has 0 spiro atoms. The minimum atomic E-state index is 0.500. The van der Waals surface area contributed by atoms with Crippen LogP contribution in [0, 0.1) is 0 Å². The molecule has 2 rings (SSSR count). The Morgan fingerprint density at radius 2 is 2.31 bits per heavy atom. The van der Waals surface area contributed by atoms with Crippen molar-refractivity contribution < 1.29 is 4.74 Å². The molecule has 1 aromatic rings. The first kappa shape index (κ1) is 11.7. The molecule has 1 aliphatic heterocycles. The van der Waals surface area contributed by atoms with E-state index in [1.807, 2.05) is 12.1 Å². The SMILES string of the molecule is COc1cc(CC2CNCCN2)ccc1Cl. The van der Waals surface area contributed by atoms with Crippen LogP contribution >= 0.6 is 11.6 Å². The van der Waals surface area contributed by atoms with Crippen LogP contribution in [0.25, 0.3) is 0 Å². The number of ether oxygens (including phenoxy) is 1. The minimum Gasteiger partial charge on any atom is -0.495 e. The molecule has 1 aromatic carbocycles. The molecule has 2 N–H and O–H groups in total. The molecule has 0 aromatic heterocycles. The number of methoxy groups -OCH3 is 1. The maximum atomic E-state index is 5.99. The second-order valence-corrected chi connectivity index (χ2v) is 4.44. The van der Waals surface area contributed by atoms with Gasteiger partial charge >= 0.3 is 0 Å². The molecular weight excluding hydrogens is 224 g/mol. The van der Waals surface area contributed by atoms with Gasteiger partial charge in [-0.05, 0) is 24.1 Å². The van der Waals surface area contributed by atoms with Crippen LogP contribution in [0.4, 0.5) is 0 Å². The van der Waals surface area contributed by atoms with Crippen LogP contribution in [-0.2, 0) is 6.42 Å². The van der Waals surface area contributed by atoms with Gasteiger partial charge in [-0.1, -0.05) is 17.7 Å².